The summed E-state index contributed by atoms with van der Waals surface area (Å²) in [6, 6.07) is 2.01. The number of nitrogens with zero attached hydrogens (tertiary/aromatic N) is 2. The third-order valence-electron chi connectivity index (χ3n) is 3.56. The fraction of sp³-hybridized carbons (Fsp3) is 0.500. The van der Waals surface area contributed by atoms with Crippen molar-refractivity contribution in [2.24, 2.45) is 0 Å². The molecule has 3 rings (SSSR count). The smallest absolute Gasteiger partial charge is 0.179 e. The van der Waals surface area contributed by atoms with Crippen LogP contribution >= 0.6 is 24.0 Å². The van der Waals surface area contributed by atoms with Crippen LogP contribution in [0.4, 0.5) is 0 Å². The maximum absolute atomic E-state index is 5.41. The molecule has 17 heavy (non-hydrogen) atoms. The molecule has 2 aromatic heterocycles. The predicted molar refractivity (Wildman–Crippen MR) is 75.1 cm³/mol. The van der Waals surface area contributed by atoms with Gasteiger partial charge in [-0.3, -0.25) is 0 Å². The number of thioether (sulfide) groups is 1. The third kappa shape index (κ3) is 1.81. The molecule has 5 heteroatoms. The molecule has 0 spiro atoms. The van der Waals surface area contributed by atoms with Crippen LogP contribution in [0.3, 0.4) is 0 Å². The number of hydrogen-bond donors (Lipinski definition) is 1. The number of nitrogens with one attached hydrogen (secondary N) is 1. The van der Waals surface area contributed by atoms with Crippen LogP contribution in [0.15, 0.2) is 12.3 Å². The lowest BCUT2D eigenvalue weighted by molar-refractivity contribution is 0.665. The summed E-state index contributed by atoms with van der Waals surface area (Å²) in [7, 11) is 0. The van der Waals surface area contributed by atoms with Gasteiger partial charge < -0.3 is 9.55 Å². The highest BCUT2D eigenvalue weighted by Gasteiger charge is 2.42. The predicted octanol–water partition coefficient (Wildman–Crippen LogP) is 3.30. The molecule has 1 aliphatic rings. The number of rotatable bonds is 3. The summed E-state index contributed by atoms with van der Waals surface area (Å²) in [5.74, 6) is 0. The van der Waals surface area contributed by atoms with E-state index in [1.54, 1.807) is 0 Å². The lowest BCUT2D eigenvalue weighted by atomic mass is 10.3. The Labute approximate surface area is 110 Å². The zero-order valence-corrected chi connectivity index (χ0v) is 11.6. The van der Waals surface area contributed by atoms with Crippen molar-refractivity contribution in [1.82, 2.24) is 14.5 Å². The van der Waals surface area contributed by atoms with Crippen LogP contribution in [0.1, 0.15) is 18.4 Å². The Balaban J connectivity index is 2.13. The van der Waals surface area contributed by atoms with Crippen LogP contribution in [-0.2, 0) is 6.54 Å². The topological polar surface area (TPSA) is 33.6 Å². The van der Waals surface area contributed by atoms with Gasteiger partial charge in [0.25, 0.3) is 0 Å². The van der Waals surface area contributed by atoms with Crippen molar-refractivity contribution in [3.8, 4) is 0 Å². The summed E-state index contributed by atoms with van der Waals surface area (Å²) in [4.78, 5) is 7.74. The summed E-state index contributed by atoms with van der Waals surface area (Å²) >= 11 is 7.36. The van der Waals surface area contributed by atoms with E-state index in [-0.39, 0.29) is 0 Å². The fourth-order valence-electron chi connectivity index (χ4n) is 2.17. The van der Waals surface area contributed by atoms with E-state index in [9.17, 15) is 0 Å². The van der Waals surface area contributed by atoms with Crippen molar-refractivity contribution in [3.05, 3.63) is 22.6 Å². The maximum atomic E-state index is 5.41. The molecule has 0 bridgehead atoms. The average molecular weight is 265 g/mol. The molecule has 0 saturated heterocycles. The normalized spacial score (nSPS) is 17.5. The minimum atomic E-state index is 0.402. The van der Waals surface area contributed by atoms with E-state index in [2.05, 4.69) is 27.7 Å². The number of aryl methyl sites for hydroxylation is 1. The Bertz CT molecular complexity index is 622. The highest BCUT2D eigenvalue weighted by Crippen LogP contribution is 2.48. The van der Waals surface area contributed by atoms with Gasteiger partial charge >= 0.3 is 0 Å². The molecule has 1 aliphatic carbocycles. The van der Waals surface area contributed by atoms with Crippen molar-refractivity contribution < 1.29 is 0 Å². The van der Waals surface area contributed by atoms with Crippen molar-refractivity contribution >= 4 is 35.1 Å². The Morgan fingerprint density at radius 2 is 2.35 bits per heavy atom. The van der Waals surface area contributed by atoms with E-state index >= 15 is 0 Å². The van der Waals surface area contributed by atoms with Gasteiger partial charge in [0.1, 0.15) is 0 Å². The zero-order valence-electron chi connectivity index (χ0n) is 9.99. The Kier molecular flexibility index (Phi) is 2.56. The van der Waals surface area contributed by atoms with Crippen LogP contribution in [-0.4, -0.2) is 25.5 Å². The summed E-state index contributed by atoms with van der Waals surface area (Å²) in [5.41, 5.74) is 3.28. The molecule has 90 valence electrons. The first-order chi connectivity index (χ1) is 8.15. The number of imidazole rings is 1. The maximum Gasteiger partial charge on any atom is 0.179 e. The van der Waals surface area contributed by atoms with Gasteiger partial charge in [0.15, 0.2) is 10.4 Å². The van der Waals surface area contributed by atoms with Gasteiger partial charge in [-0.15, -0.1) is 0 Å². The van der Waals surface area contributed by atoms with Gasteiger partial charge in [-0.05, 0) is 49.9 Å². The van der Waals surface area contributed by atoms with Gasteiger partial charge in [0.05, 0.1) is 5.52 Å². The second kappa shape index (κ2) is 3.85. The summed E-state index contributed by atoms with van der Waals surface area (Å²) in [6.07, 6.45) is 6.61. The molecular formula is C12H15N3S2. The first kappa shape index (κ1) is 11.3. The minimum absolute atomic E-state index is 0.402. The number of aromatic nitrogens is 3. The second-order valence-corrected chi connectivity index (χ2v) is 6.39. The molecule has 1 N–H and O–H groups in total. The highest BCUT2D eigenvalue weighted by molar-refractivity contribution is 8.00. The Morgan fingerprint density at radius 3 is 3.00 bits per heavy atom. The molecule has 3 nitrogen and oxygen atoms in total. The highest BCUT2D eigenvalue weighted by atomic mass is 32.2. The third-order valence-corrected chi connectivity index (χ3v) is 5.28. The van der Waals surface area contributed by atoms with E-state index in [1.807, 2.05) is 24.0 Å². The largest absolute Gasteiger partial charge is 0.329 e. The molecule has 0 atom stereocenters. The van der Waals surface area contributed by atoms with Crippen molar-refractivity contribution in [2.75, 3.05) is 6.26 Å². The number of aromatic amines is 1. The average Bonchev–Trinajstić information content (AvgIpc) is 3.02. The van der Waals surface area contributed by atoms with Gasteiger partial charge in [-0.2, -0.15) is 11.8 Å². The SMILES string of the molecule is CSC1(Cn2c(=S)[nH]c3c(C)ccnc32)CC1. The van der Waals surface area contributed by atoms with Crippen molar-refractivity contribution in [2.45, 2.75) is 31.1 Å². The molecule has 1 saturated carbocycles. The molecule has 0 unspecified atom stereocenters. The first-order valence-electron chi connectivity index (χ1n) is 5.74. The molecule has 1 fully saturated rings. The van der Waals surface area contributed by atoms with Crippen molar-refractivity contribution in [3.63, 3.8) is 0 Å². The van der Waals surface area contributed by atoms with E-state index < -0.39 is 0 Å². The summed E-state index contributed by atoms with van der Waals surface area (Å²) in [5, 5.41) is 0. The van der Waals surface area contributed by atoms with E-state index in [4.69, 9.17) is 12.2 Å². The van der Waals surface area contributed by atoms with Gasteiger partial charge in [0, 0.05) is 17.5 Å². The molecule has 2 heterocycles. The zero-order chi connectivity index (χ0) is 12.0. The van der Waals surface area contributed by atoms with E-state index in [0.717, 1.165) is 22.5 Å². The number of H-pyrrole nitrogens is 1. The second-order valence-electron chi connectivity index (χ2n) is 4.73. The molecule has 2 aromatic rings. The van der Waals surface area contributed by atoms with Gasteiger partial charge in [0.2, 0.25) is 0 Å². The summed E-state index contributed by atoms with van der Waals surface area (Å²) < 4.78 is 3.35. The van der Waals surface area contributed by atoms with Crippen LogP contribution in [0.2, 0.25) is 0 Å². The summed E-state index contributed by atoms with van der Waals surface area (Å²) in [6.45, 7) is 3.06. The monoisotopic (exact) mass is 265 g/mol. The Hall–Kier alpha value is -0.810. The lowest BCUT2D eigenvalue weighted by Gasteiger charge is -2.12. The van der Waals surface area contributed by atoms with E-state index in [1.165, 1.54) is 18.4 Å². The first-order valence-corrected chi connectivity index (χ1v) is 7.38. The van der Waals surface area contributed by atoms with E-state index in [0.29, 0.717) is 4.75 Å². The van der Waals surface area contributed by atoms with Crippen LogP contribution in [0.5, 0.6) is 0 Å². The van der Waals surface area contributed by atoms with Crippen LogP contribution in [0, 0.1) is 11.7 Å². The fourth-order valence-corrected chi connectivity index (χ4v) is 3.20. The number of pyridine rings is 1. The van der Waals surface area contributed by atoms with Crippen molar-refractivity contribution in [1.29, 1.82) is 0 Å². The number of fused-ring (bicyclic) bond motifs is 1. The standard InChI is InChI=1S/C12H15N3S2/c1-8-3-6-13-10-9(8)14-11(16)15(10)7-12(17-2)4-5-12/h3,6H,4-5,7H2,1-2H3,(H,14,16). The van der Waals surface area contributed by atoms with Crippen LogP contribution < -0.4 is 0 Å². The van der Waals surface area contributed by atoms with Gasteiger partial charge in [-0.1, -0.05) is 0 Å². The minimum Gasteiger partial charge on any atom is -0.329 e. The van der Waals surface area contributed by atoms with Gasteiger partial charge in [-0.25, -0.2) is 4.98 Å². The Morgan fingerprint density at radius 1 is 1.59 bits per heavy atom. The molecule has 0 aromatic carbocycles. The molecular weight excluding hydrogens is 250 g/mol. The molecule has 0 aliphatic heterocycles. The lowest BCUT2D eigenvalue weighted by Crippen LogP contribution is -2.14. The van der Waals surface area contributed by atoms with Crippen LogP contribution in [0.25, 0.3) is 11.2 Å². The number of hydrogen-bond acceptors (Lipinski definition) is 3. The molecule has 0 radical (unpaired) electrons. The quantitative estimate of drug-likeness (QED) is 0.865. The molecule has 0 amide bonds.